The molecule has 3 rings (SSSR count). The molecule has 1 heterocycles. The number of rotatable bonds is 6. The maximum absolute atomic E-state index is 11.9. The number of aliphatic hydroxyl groups is 1. The van der Waals surface area contributed by atoms with E-state index >= 15 is 0 Å². The van der Waals surface area contributed by atoms with Gasteiger partial charge in [0.2, 0.25) is 0 Å². The van der Waals surface area contributed by atoms with Gasteiger partial charge in [0.25, 0.3) is 0 Å². The highest BCUT2D eigenvalue weighted by Crippen LogP contribution is 2.29. The van der Waals surface area contributed by atoms with Gasteiger partial charge in [-0.05, 0) is 26.0 Å². The van der Waals surface area contributed by atoms with Crippen molar-refractivity contribution in [3.63, 3.8) is 0 Å². The quantitative estimate of drug-likeness (QED) is 0.699. The highest BCUT2D eigenvalue weighted by molar-refractivity contribution is 7.88. The maximum atomic E-state index is 11.9. The summed E-state index contributed by atoms with van der Waals surface area (Å²) >= 11 is -1.09. The summed E-state index contributed by atoms with van der Waals surface area (Å²) in [6, 6.07) is 16.6. The Morgan fingerprint density at radius 2 is 1.54 bits per heavy atom. The third kappa shape index (κ3) is 3.30. The first-order valence-electron chi connectivity index (χ1n) is 8.23. The number of nitrogens with zero attached hydrogens (tertiary/aromatic N) is 2. The van der Waals surface area contributed by atoms with Gasteiger partial charge in [-0.1, -0.05) is 36.4 Å². The van der Waals surface area contributed by atoms with Crippen molar-refractivity contribution in [3.05, 3.63) is 48.5 Å². The molecule has 0 amide bonds. The fraction of sp³-hybridized carbons (Fsp3) is 0.368. The van der Waals surface area contributed by atoms with Crippen LogP contribution in [0.2, 0.25) is 0 Å². The molecule has 4 nitrogen and oxygen atoms in total. The van der Waals surface area contributed by atoms with Gasteiger partial charge < -0.3 is 14.2 Å². The van der Waals surface area contributed by atoms with Gasteiger partial charge in [0.1, 0.15) is 6.26 Å². The zero-order valence-electron chi connectivity index (χ0n) is 14.3. The SMILES string of the molecule is CC(C)N(CC(O)Cn1c2ccccc2c2ccccc21)[S+](C)[O-]. The average molecular weight is 344 g/mol. The molecule has 2 unspecified atom stereocenters. The van der Waals surface area contributed by atoms with Crippen molar-refractivity contribution in [1.82, 2.24) is 8.87 Å². The van der Waals surface area contributed by atoms with Gasteiger partial charge in [0, 0.05) is 39.2 Å². The van der Waals surface area contributed by atoms with Crippen LogP contribution in [0.4, 0.5) is 0 Å². The average Bonchev–Trinajstić information content (AvgIpc) is 2.87. The molecule has 5 heteroatoms. The topological polar surface area (TPSA) is 51.5 Å². The largest absolute Gasteiger partial charge is 0.598 e. The van der Waals surface area contributed by atoms with Gasteiger partial charge in [0.05, 0.1) is 19.2 Å². The van der Waals surface area contributed by atoms with Crippen LogP contribution in [0, 0.1) is 0 Å². The van der Waals surface area contributed by atoms with E-state index < -0.39 is 17.5 Å². The molecule has 0 saturated carbocycles. The summed E-state index contributed by atoms with van der Waals surface area (Å²) in [4.78, 5) is 0. The Morgan fingerprint density at radius 1 is 1.04 bits per heavy atom. The minimum Gasteiger partial charge on any atom is -0.598 e. The Balaban J connectivity index is 1.94. The van der Waals surface area contributed by atoms with Crippen molar-refractivity contribution >= 4 is 33.2 Å². The van der Waals surface area contributed by atoms with Gasteiger partial charge in [0.15, 0.2) is 0 Å². The fourth-order valence-corrected chi connectivity index (χ4v) is 4.26. The summed E-state index contributed by atoms with van der Waals surface area (Å²) in [5, 5.41) is 13.0. The van der Waals surface area contributed by atoms with Crippen LogP contribution < -0.4 is 0 Å². The van der Waals surface area contributed by atoms with Crippen molar-refractivity contribution < 1.29 is 9.66 Å². The summed E-state index contributed by atoms with van der Waals surface area (Å²) in [6.45, 7) is 4.86. The van der Waals surface area contributed by atoms with Crippen LogP contribution in [0.15, 0.2) is 48.5 Å². The van der Waals surface area contributed by atoms with E-state index in [1.807, 2.05) is 42.4 Å². The highest BCUT2D eigenvalue weighted by atomic mass is 32.2. The third-order valence-electron chi connectivity index (χ3n) is 4.37. The van der Waals surface area contributed by atoms with E-state index in [4.69, 9.17) is 0 Å². The molecule has 0 saturated heterocycles. The second-order valence-corrected chi connectivity index (χ2v) is 7.73. The predicted octanol–water partition coefficient (Wildman–Crippen LogP) is 3.16. The highest BCUT2D eigenvalue weighted by Gasteiger charge is 2.23. The molecular weight excluding hydrogens is 320 g/mol. The molecule has 2 atom stereocenters. The van der Waals surface area contributed by atoms with Crippen LogP contribution in [0.5, 0.6) is 0 Å². The zero-order valence-corrected chi connectivity index (χ0v) is 15.2. The van der Waals surface area contributed by atoms with Crippen molar-refractivity contribution in [1.29, 1.82) is 0 Å². The van der Waals surface area contributed by atoms with Crippen molar-refractivity contribution in [2.24, 2.45) is 0 Å². The second-order valence-electron chi connectivity index (χ2n) is 6.42. The van der Waals surface area contributed by atoms with E-state index in [2.05, 4.69) is 28.8 Å². The molecule has 128 valence electrons. The van der Waals surface area contributed by atoms with Crippen molar-refractivity contribution in [3.8, 4) is 0 Å². The first-order chi connectivity index (χ1) is 11.5. The van der Waals surface area contributed by atoms with Crippen LogP contribution >= 0.6 is 0 Å². The summed E-state index contributed by atoms with van der Waals surface area (Å²) < 4.78 is 15.8. The van der Waals surface area contributed by atoms with Gasteiger partial charge in [-0.25, -0.2) is 0 Å². The molecule has 1 N–H and O–H groups in total. The molecule has 0 aliphatic carbocycles. The van der Waals surface area contributed by atoms with E-state index in [0.717, 1.165) is 11.0 Å². The molecule has 24 heavy (non-hydrogen) atoms. The summed E-state index contributed by atoms with van der Waals surface area (Å²) in [6.07, 6.45) is 1.07. The number of para-hydroxylation sites is 2. The number of hydrogen-bond donors (Lipinski definition) is 1. The van der Waals surface area contributed by atoms with E-state index in [9.17, 15) is 9.66 Å². The van der Waals surface area contributed by atoms with Crippen LogP contribution in [-0.2, 0) is 17.9 Å². The van der Waals surface area contributed by atoms with E-state index in [-0.39, 0.29) is 6.04 Å². The van der Waals surface area contributed by atoms with E-state index in [1.165, 1.54) is 10.8 Å². The fourth-order valence-electron chi connectivity index (χ4n) is 3.29. The van der Waals surface area contributed by atoms with Crippen LogP contribution in [0.25, 0.3) is 21.8 Å². The van der Waals surface area contributed by atoms with Gasteiger partial charge in [-0.15, -0.1) is 4.31 Å². The standard InChI is InChI=1S/C19H24N2O2S/c1-14(2)21(24(3)23)13-15(22)12-20-18-10-6-4-8-16(18)17-9-5-7-11-19(17)20/h4-11,14-15,22H,12-13H2,1-3H3. The number of aliphatic hydroxyl groups excluding tert-OH is 1. The lowest BCUT2D eigenvalue weighted by atomic mass is 10.2. The predicted molar refractivity (Wildman–Crippen MR) is 101 cm³/mol. The molecule has 3 aromatic rings. The molecule has 0 aliphatic heterocycles. The molecule has 0 bridgehead atoms. The normalized spacial score (nSPS) is 14.8. The lowest BCUT2D eigenvalue weighted by molar-refractivity contribution is 0.122. The monoisotopic (exact) mass is 344 g/mol. The molecule has 2 aromatic carbocycles. The number of hydrogen-bond acceptors (Lipinski definition) is 3. The first kappa shape index (κ1) is 17.3. The molecule has 1 aromatic heterocycles. The van der Waals surface area contributed by atoms with Crippen molar-refractivity contribution in [2.45, 2.75) is 32.5 Å². The maximum Gasteiger partial charge on any atom is 0.115 e. The molecule has 0 fully saturated rings. The van der Waals surface area contributed by atoms with Gasteiger partial charge in [-0.3, -0.25) is 0 Å². The Morgan fingerprint density at radius 3 is 2.00 bits per heavy atom. The lowest BCUT2D eigenvalue weighted by Crippen LogP contribution is -2.42. The Labute approximate surface area is 146 Å². The van der Waals surface area contributed by atoms with E-state index in [1.54, 1.807) is 6.26 Å². The number of aromatic nitrogens is 1. The number of fused-ring (bicyclic) bond motifs is 3. The molecule has 0 spiro atoms. The molecule has 0 aliphatic rings. The summed E-state index contributed by atoms with van der Waals surface area (Å²) in [7, 11) is 0. The Hall–Kier alpha value is -1.53. The minimum absolute atomic E-state index is 0.128. The van der Waals surface area contributed by atoms with Crippen LogP contribution in [0.3, 0.4) is 0 Å². The second kappa shape index (κ2) is 7.15. The van der Waals surface area contributed by atoms with Crippen LogP contribution in [-0.4, -0.2) is 43.5 Å². The third-order valence-corrected chi connectivity index (χ3v) is 5.60. The number of benzene rings is 2. The lowest BCUT2D eigenvalue weighted by Gasteiger charge is -2.27. The minimum atomic E-state index is -1.09. The zero-order chi connectivity index (χ0) is 17.3. The van der Waals surface area contributed by atoms with Gasteiger partial charge >= 0.3 is 0 Å². The Bertz CT molecular complexity index is 767. The summed E-state index contributed by atoms with van der Waals surface area (Å²) in [5.41, 5.74) is 2.23. The molecule has 0 radical (unpaired) electrons. The van der Waals surface area contributed by atoms with Crippen molar-refractivity contribution in [2.75, 3.05) is 12.8 Å². The summed E-state index contributed by atoms with van der Waals surface area (Å²) in [5.74, 6) is 0. The van der Waals surface area contributed by atoms with Crippen LogP contribution in [0.1, 0.15) is 13.8 Å². The van der Waals surface area contributed by atoms with E-state index in [0.29, 0.717) is 13.1 Å². The van der Waals surface area contributed by atoms with Gasteiger partial charge in [-0.2, -0.15) is 0 Å². The molecular formula is C19H24N2O2S. The first-order valence-corrected chi connectivity index (χ1v) is 9.74. The Kier molecular flexibility index (Phi) is 5.15. The smallest absolute Gasteiger partial charge is 0.115 e.